The van der Waals surface area contributed by atoms with Gasteiger partial charge in [-0.25, -0.2) is 8.42 Å². The van der Waals surface area contributed by atoms with Gasteiger partial charge in [0.15, 0.2) is 9.84 Å². The maximum atomic E-state index is 11.5. The fraction of sp³-hybridized carbons (Fsp3) is 0.600. The van der Waals surface area contributed by atoms with Gasteiger partial charge in [0.05, 0.1) is 22.7 Å². The standard InChI is InChI=1S/C10H13N3O2S2/c1-7-8(5-11)9(16-13-7)12-10(2)3-4-17(14,15)6-10/h12H,3-4,6H2,1-2H3. The van der Waals surface area contributed by atoms with Crippen LogP contribution in [0.2, 0.25) is 0 Å². The summed E-state index contributed by atoms with van der Waals surface area (Å²) in [5, 5.41) is 12.8. The lowest BCUT2D eigenvalue weighted by Gasteiger charge is -2.24. The third-order valence-corrected chi connectivity index (χ3v) is 5.65. The summed E-state index contributed by atoms with van der Waals surface area (Å²) in [6, 6.07) is 2.09. The fourth-order valence-electron chi connectivity index (χ4n) is 1.97. The number of aryl methyl sites for hydroxylation is 1. The molecule has 1 fully saturated rings. The van der Waals surface area contributed by atoms with E-state index in [9.17, 15) is 8.42 Å². The average molecular weight is 271 g/mol. The molecule has 92 valence electrons. The minimum atomic E-state index is -2.95. The Labute approximate surface area is 105 Å². The third-order valence-electron chi connectivity index (χ3n) is 2.89. The van der Waals surface area contributed by atoms with Crippen LogP contribution >= 0.6 is 11.5 Å². The van der Waals surface area contributed by atoms with Crippen molar-refractivity contribution in [3.05, 3.63) is 11.3 Å². The van der Waals surface area contributed by atoms with Gasteiger partial charge in [0.25, 0.3) is 0 Å². The monoisotopic (exact) mass is 271 g/mol. The Morgan fingerprint density at radius 1 is 1.59 bits per heavy atom. The van der Waals surface area contributed by atoms with Crippen molar-refractivity contribution < 1.29 is 8.42 Å². The lowest BCUT2D eigenvalue weighted by atomic mass is 10.0. The number of hydrogen-bond acceptors (Lipinski definition) is 6. The highest BCUT2D eigenvalue weighted by Crippen LogP contribution is 2.32. The Bertz CT molecular complexity index is 585. The number of aromatic nitrogens is 1. The van der Waals surface area contributed by atoms with Gasteiger partial charge < -0.3 is 5.32 Å². The summed E-state index contributed by atoms with van der Waals surface area (Å²) >= 11 is 1.21. The molecule has 2 rings (SSSR count). The molecule has 0 radical (unpaired) electrons. The highest BCUT2D eigenvalue weighted by Gasteiger charge is 2.39. The van der Waals surface area contributed by atoms with Crippen LogP contribution in [0, 0.1) is 18.3 Å². The van der Waals surface area contributed by atoms with Crippen LogP contribution in [0.4, 0.5) is 5.00 Å². The number of sulfone groups is 1. The van der Waals surface area contributed by atoms with Gasteiger partial charge in [-0.05, 0) is 31.8 Å². The zero-order valence-electron chi connectivity index (χ0n) is 9.65. The van der Waals surface area contributed by atoms with E-state index in [1.165, 1.54) is 11.5 Å². The van der Waals surface area contributed by atoms with Crippen molar-refractivity contribution in [1.82, 2.24) is 4.37 Å². The second kappa shape index (κ2) is 3.96. The van der Waals surface area contributed by atoms with Gasteiger partial charge >= 0.3 is 0 Å². The minimum absolute atomic E-state index is 0.113. The molecule has 0 aromatic carbocycles. The molecule has 1 atom stereocenters. The molecule has 1 N–H and O–H groups in total. The van der Waals surface area contributed by atoms with Gasteiger partial charge in [-0.1, -0.05) is 0 Å². The molecule has 1 aromatic rings. The van der Waals surface area contributed by atoms with Gasteiger partial charge in [0.2, 0.25) is 0 Å². The Morgan fingerprint density at radius 2 is 2.29 bits per heavy atom. The molecule has 1 saturated heterocycles. The van der Waals surface area contributed by atoms with Crippen LogP contribution in [0.3, 0.4) is 0 Å². The van der Waals surface area contributed by atoms with Gasteiger partial charge in [0.1, 0.15) is 16.6 Å². The summed E-state index contributed by atoms with van der Waals surface area (Å²) in [5.41, 5.74) is 0.716. The zero-order chi connectivity index (χ0) is 12.7. The highest BCUT2D eigenvalue weighted by molar-refractivity contribution is 7.91. The normalized spacial score (nSPS) is 26.6. The maximum absolute atomic E-state index is 11.5. The Hall–Kier alpha value is -1.13. The first-order valence-electron chi connectivity index (χ1n) is 5.20. The van der Waals surface area contributed by atoms with Crippen LogP contribution in [-0.4, -0.2) is 29.8 Å². The van der Waals surface area contributed by atoms with E-state index in [1.54, 1.807) is 6.92 Å². The molecule has 0 bridgehead atoms. The minimum Gasteiger partial charge on any atom is -0.368 e. The van der Waals surface area contributed by atoms with E-state index in [1.807, 2.05) is 6.92 Å². The van der Waals surface area contributed by atoms with Crippen LogP contribution < -0.4 is 5.32 Å². The number of hydrogen-bond donors (Lipinski definition) is 1. The molecule has 0 spiro atoms. The molecule has 1 aromatic heterocycles. The molecular weight excluding hydrogens is 258 g/mol. The maximum Gasteiger partial charge on any atom is 0.152 e. The predicted molar refractivity (Wildman–Crippen MR) is 66.9 cm³/mol. The van der Waals surface area contributed by atoms with Crippen molar-refractivity contribution in [2.45, 2.75) is 25.8 Å². The molecule has 1 aliphatic heterocycles. The Kier molecular flexibility index (Phi) is 2.87. The van der Waals surface area contributed by atoms with Crippen LogP contribution in [-0.2, 0) is 9.84 Å². The molecule has 2 heterocycles. The Balaban J connectivity index is 2.25. The van der Waals surface area contributed by atoms with Crippen LogP contribution in [0.5, 0.6) is 0 Å². The summed E-state index contributed by atoms with van der Waals surface area (Å²) in [6.07, 6.45) is 0.567. The number of nitrogens with one attached hydrogen (secondary N) is 1. The lowest BCUT2D eigenvalue weighted by molar-refractivity contribution is 0.575. The number of nitrogens with zero attached hydrogens (tertiary/aromatic N) is 2. The largest absolute Gasteiger partial charge is 0.368 e. The first-order chi connectivity index (χ1) is 7.85. The van der Waals surface area contributed by atoms with Crippen molar-refractivity contribution in [3.8, 4) is 6.07 Å². The predicted octanol–water partition coefficient (Wildman–Crippen LogP) is 1.31. The summed E-state index contributed by atoms with van der Waals surface area (Å²) in [5.74, 6) is 0.317. The van der Waals surface area contributed by atoms with Crippen molar-refractivity contribution >= 4 is 26.4 Å². The second-order valence-electron chi connectivity index (χ2n) is 4.61. The van der Waals surface area contributed by atoms with Gasteiger partial charge in [-0.15, -0.1) is 0 Å². The number of nitriles is 1. The van der Waals surface area contributed by atoms with Crippen molar-refractivity contribution in [2.24, 2.45) is 0 Å². The second-order valence-corrected chi connectivity index (χ2v) is 7.57. The van der Waals surface area contributed by atoms with Crippen LogP contribution in [0.25, 0.3) is 0 Å². The van der Waals surface area contributed by atoms with Crippen molar-refractivity contribution in [2.75, 3.05) is 16.8 Å². The van der Waals surface area contributed by atoms with Crippen molar-refractivity contribution in [1.29, 1.82) is 5.26 Å². The van der Waals surface area contributed by atoms with E-state index in [-0.39, 0.29) is 11.5 Å². The molecular formula is C10H13N3O2S2. The average Bonchev–Trinajstić information content (AvgIpc) is 2.68. The summed E-state index contributed by atoms with van der Waals surface area (Å²) in [6.45, 7) is 3.64. The summed E-state index contributed by atoms with van der Waals surface area (Å²) < 4.78 is 27.1. The summed E-state index contributed by atoms with van der Waals surface area (Å²) in [7, 11) is -2.95. The van der Waals surface area contributed by atoms with E-state index in [4.69, 9.17) is 5.26 Å². The molecule has 0 amide bonds. The van der Waals surface area contributed by atoms with Crippen molar-refractivity contribution in [3.63, 3.8) is 0 Å². The molecule has 1 unspecified atom stereocenters. The lowest BCUT2D eigenvalue weighted by Crippen LogP contribution is -2.35. The number of rotatable bonds is 2. The molecule has 1 aliphatic rings. The molecule has 7 heteroatoms. The smallest absolute Gasteiger partial charge is 0.152 e. The number of anilines is 1. The highest BCUT2D eigenvalue weighted by atomic mass is 32.2. The van der Waals surface area contributed by atoms with E-state index in [2.05, 4.69) is 15.8 Å². The molecule has 5 nitrogen and oxygen atoms in total. The zero-order valence-corrected chi connectivity index (χ0v) is 11.3. The van der Waals surface area contributed by atoms with E-state index in [0.717, 1.165) is 0 Å². The first-order valence-corrected chi connectivity index (χ1v) is 7.80. The van der Waals surface area contributed by atoms with Crippen LogP contribution in [0.1, 0.15) is 24.6 Å². The van der Waals surface area contributed by atoms with E-state index < -0.39 is 15.4 Å². The quantitative estimate of drug-likeness (QED) is 0.877. The summed E-state index contributed by atoms with van der Waals surface area (Å²) in [4.78, 5) is 0. The SMILES string of the molecule is Cc1nsc(NC2(C)CCS(=O)(=O)C2)c1C#N. The van der Waals surface area contributed by atoms with Gasteiger partial charge in [0, 0.05) is 0 Å². The van der Waals surface area contributed by atoms with E-state index in [0.29, 0.717) is 22.7 Å². The topological polar surface area (TPSA) is 82.8 Å². The van der Waals surface area contributed by atoms with E-state index >= 15 is 0 Å². The van der Waals surface area contributed by atoms with Gasteiger partial charge in [-0.2, -0.15) is 9.64 Å². The molecule has 0 aliphatic carbocycles. The van der Waals surface area contributed by atoms with Gasteiger partial charge in [-0.3, -0.25) is 0 Å². The molecule has 17 heavy (non-hydrogen) atoms. The first kappa shape index (κ1) is 12.3. The molecule has 0 saturated carbocycles. The fourth-order valence-corrected chi connectivity index (χ4v) is 4.96. The third kappa shape index (κ3) is 2.42. The Morgan fingerprint density at radius 3 is 2.82 bits per heavy atom. The van der Waals surface area contributed by atoms with Crippen LogP contribution in [0.15, 0.2) is 0 Å².